The molecule has 6 aromatic carbocycles. The zero-order valence-corrected chi connectivity index (χ0v) is 24.3. The molecule has 0 spiro atoms. The first-order valence-electron chi connectivity index (χ1n) is 15.1. The molecule has 0 fully saturated rings. The van der Waals surface area contributed by atoms with Gasteiger partial charge in [-0.05, 0) is 71.8 Å². The van der Waals surface area contributed by atoms with Gasteiger partial charge in [-0.2, -0.15) is 0 Å². The molecule has 0 amide bonds. The second-order valence-corrected chi connectivity index (χ2v) is 11.3. The smallest absolute Gasteiger partial charge is 0.227 e. The van der Waals surface area contributed by atoms with Crippen LogP contribution in [0.5, 0.6) is 0 Å². The molecule has 0 aliphatic heterocycles. The number of nitrogens with zero attached hydrogens (tertiary/aromatic N) is 3. The van der Waals surface area contributed by atoms with Gasteiger partial charge in [0.15, 0.2) is 0 Å². The number of para-hydroxylation sites is 4. The first-order chi connectivity index (χ1) is 22.3. The Hall–Kier alpha value is -6.13. The van der Waals surface area contributed by atoms with Crippen LogP contribution in [0, 0.1) is 0 Å². The molecule has 0 N–H and O–H groups in total. The van der Waals surface area contributed by atoms with Crippen molar-refractivity contribution < 1.29 is 4.42 Å². The first kappa shape index (κ1) is 25.4. The Bertz CT molecular complexity index is 2440. The third kappa shape index (κ3) is 4.19. The molecule has 3 heterocycles. The van der Waals surface area contributed by atoms with Crippen LogP contribution in [0.3, 0.4) is 0 Å². The van der Waals surface area contributed by atoms with Gasteiger partial charge in [-0.1, -0.05) is 97.1 Å². The number of benzene rings is 6. The minimum atomic E-state index is 0.644. The van der Waals surface area contributed by atoms with Crippen molar-refractivity contribution in [3.8, 4) is 16.8 Å². The van der Waals surface area contributed by atoms with E-state index >= 15 is 0 Å². The summed E-state index contributed by atoms with van der Waals surface area (Å²) in [7, 11) is 0. The number of hydrogen-bond donors (Lipinski definition) is 0. The molecule has 0 unspecified atom stereocenters. The summed E-state index contributed by atoms with van der Waals surface area (Å²) < 4.78 is 8.38. The molecule has 0 radical (unpaired) electrons. The summed E-state index contributed by atoms with van der Waals surface area (Å²) in [6, 6.07) is 55.5. The first-order valence-corrected chi connectivity index (χ1v) is 15.1. The van der Waals surface area contributed by atoms with Crippen molar-refractivity contribution in [2.45, 2.75) is 0 Å². The molecule has 45 heavy (non-hydrogen) atoms. The van der Waals surface area contributed by atoms with Gasteiger partial charge in [-0.3, -0.25) is 0 Å². The van der Waals surface area contributed by atoms with Gasteiger partial charge in [0.05, 0.1) is 28.3 Å². The van der Waals surface area contributed by atoms with Crippen LogP contribution in [0.15, 0.2) is 168 Å². The van der Waals surface area contributed by atoms with Gasteiger partial charge in [0, 0.05) is 33.2 Å². The van der Waals surface area contributed by atoms with Crippen LogP contribution < -0.4 is 4.90 Å². The summed E-state index contributed by atoms with van der Waals surface area (Å²) in [6.45, 7) is 0. The van der Waals surface area contributed by atoms with Crippen molar-refractivity contribution in [3.05, 3.63) is 164 Å². The number of anilines is 3. The molecule has 0 bridgehead atoms. The number of fused-ring (bicyclic) bond motifs is 6. The highest BCUT2D eigenvalue weighted by Crippen LogP contribution is 2.39. The van der Waals surface area contributed by atoms with Crippen LogP contribution in [0.25, 0.3) is 60.7 Å². The molecule has 212 valence electrons. The molecule has 0 saturated carbocycles. The Morgan fingerprint density at radius 3 is 1.87 bits per heavy atom. The van der Waals surface area contributed by atoms with Crippen molar-refractivity contribution in [2.24, 2.45) is 0 Å². The van der Waals surface area contributed by atoms with Crippen molar-refractivity contribution in [1.82, 2.24) is 9.55 Å². The lowest BCUT2D eigenvalue weighted by atomic mass is 10.0. The third-order valence-corrected chi connectivity index (χ3v) is 8.64. The van der Waals surface area contributed by atoms with E-state index in [0.717, 1.165) is 50.2 Å². The van der Waals surface area contributed by atoms with Crippen LogP contribution in [0.1, 0.15) is 0 Å². The highest BCUT2D eigenvalue weighted by atomic mass is 16.3. The topological polar surface area (TPSA) is 34.2 Å². The second kappa shape index (κ2) is 10.2. The summed E-state index contributed by atoms with van der Waals surface area (Å²) in [5.74, 6) is 0. The highest BCUT2D eigenvalue weighted by Gasteiger charge is 2.17. The number of aromatic nitrogens is 2. The van der Waals surface area contributed by atoms with Gasteiger partial charge in [-0.25, -0.2) is 4.98 Å². The Kier molecular flexibility index (Phi) is 5.78. The van der Waals surface area contributed by atoms with Crippen molar-refractivity contribution in [1.29, 1.82) is 0 Å². The molecule has 3 aromatic heterocycles. The molecule has 0 saturated heterocycles. The molecule has 0 atom stereocenters. The van der Waals surface area contributed by atoms with E-state index < -0.39 is 0 Å². The fourth-order valence-corrected chi connectivity index (χ4v) is 6.57. The molecule has 4 heteroatoms. The van der Waals surface area contributed by atoms with E-state index in [1.165, 1.54) is 21.8 Å². The maximum absolute atomic E-state index is 6.03. The minimum absolute atomic E-state index is 0.644. The van der Waals surface area contributed by atoms with Crippen molar-refractivity contribution in [2.75, 3.05) is 4.90 Å². The fourth-order valence-electron chi connectivity index (χ4n) is 6.57. The summed E-state index contributed by atoms with van der Waals surface area (Å²) in [4.78, 5) is 6.99. The molecule has 0 aliphatic carbocycles. The van der Waals surface area contributed by atoms with E-state index in [2.05, 4.69) is 143 Å². The standard InChI is InChI=1S/C41H27N3O/c1-2-12-30(13-3-1)43(33-26-37-36-17-6-9-20-40(36)45-41(37)42-27-33)32-14-10-11-29(25-32)28-21-23-31(24-22-28)44-38-18-7-4-15-34(38)35-16-5-8-19-39(35)44/h1-27H. The van der Waals surface area contributed by atoms with Gasteiger partial charge in [-0.15, -0.1) is 0 Å². The van der Waals surface area contributed by atoms with E-state index in [1.54, 1.807) is 0 Å². The van der Waals surface area contributed by atoms with Crippen LogP contribution >= 0.6 is 0 Å². The number of furan rings is 1. The van der Waals surface area contributed by atoms with E-state index in [4.69, 9.17) is 9.40 Å². The fraction of sp³-hybridized carbons (Fsp3) is 0. The summed E-state index contributed by atoms with van der Waals surface area (Å²) in [5.41, 5.74) is 10.4. The van der Waals surface area contributed by atoms with Crippen LogP contribution in [-0.2, 0) is 0 Å². The van der Waals surface area contributed by atoms with E-state index in [1.807, 2.05) is 30.5 Å². The van der Waals surface area contributed by atoms with Crippen LogP contribution in [0.4, 0.5) is 17.1 Å². The molecular weight excluding hydrogens is 550 g/mol. The molecule has 9 rings (SSSR count). The Labute approximate surface area is 260 Å². The Balaban J connectivity index is 1.14. The highest BCUT2D eigenvalue weighted by molar-refractivity contribution is 6.09. The molecular formula is C41H27N3O. The van der Waals surface area contributed by atoms with Crippen LogP contribution in [0.2, 0.25) is 0 Å². The normalized spacial score (nSPS) is 11.6. The average Bonchev–Trinajstić information content (AvgIpc) is 3.65. The monoisotopic (exact) mass is 577 g/mol. The zero-order valence-electron chi connectivity index (χ0n) is 24.3. The maximum atomic E-state index is 6.03. The lowest BCUT2D eigenvalue weighted by molar-refractivity contribution is 0.654. The van der Waals surface area contributed by atoms with E-state index in [0.29, 0.717) is 5.71 Å². The van der Waals surface area contributed by atoms with Crippen molar-refractivity contribution in [3.63, 3.8) is 0 Å². The maximum Gasteiger partial charge on any atom is 0.227 e. The molecule has 4 nitrogen and oxygen atoms in total. The van der Waals surface area contributed by atoms with Gasteiger partial charge in [0.2, 0.25) is 5.71 Å². The quantitative estimate of drug-likeness (QED) is 0.204. The Morgan fingerprint density at radius 1 is 0.467 bits per heavy atom. The number of pyridine rings is 1. The van der Waals surface area contributed by atoms with E-state index in [9.17, 15) is 0 Å². The minimum Gasteiger partial charge on any atom is -0.438 e. The lowest BCUT2D eigenvalue weighted by Gasteiger charge is -2.25. The summed E-state index contributed by atoms with van der Waals surface area (Å²) in [6.07, 6.45) is 1.89. The number of rotatable bonds is 5. The predicted octanol–water partition coefficient (Wildman–Crippen LogP) is 11.2. The SMILES string of the molecule is c1ccc(N(c2cccc(-c3ccc(-n4c5ccccc5c5ccccc54)cc3)c2)c2cnc3oc4ccccc4c3c2)cc1. The average molecular weight is 578 g/mol. The zero-order chi connectivity index (χ0) is 29.7. The van der Waals surface area contributed by atoms with Gasteiger partial charge < -0.3 is 13.9 Å². The molecule has 0 aliphatic rings. The third-order valence-electron chi connectivity index (χ3n) is 8.64. The second-order valence-electron chi connectivity index (χ2n) is 11.3. The molecule has 9 aromatic rings. The summed E-state index contributed by atoms with van der Waals surface area (Å²) in [5, 5.41) is 4.59. The van der Waals surface area contributed by atoms with Crippen molar-refractivity contribution >= 4 is 60.9 Å². The van der Waals surface area contributed by atoms with Gasteiger partial charge >= 0.3 is 0 Å². The predicted molar refractivity (Wildman–Crippen MR) is 186 cm³/mol. The van der Waals surface area contributed by atoms with Crippen LogP contribution in [-0.4, -0.2) is 9.55 Å². The Morgan fingerprint density at radius 2 is 1.11 bits per heavy atom. The lowest BCUT2D eigenvalue weighted by Crippen LogP contribution is -2.10. The van der Waals surface area contributed by atoms with E-state index in [-0.39, 0.29) is 0 Å². The van der Waals surface area contributed by atoms with Gasteiger partial charge in [0.25, 0.3) is 0 Å². The van der Waals surface area contributed by atoms with Gasteiger partial charge in [0.1, 0.15) is 5.58 Å². The largest absolute Gasteiger partial charge is 0.438 e. The summed E-state index contributed by atoms with van der Waals surface area (Å²) >= 11 is 0. The number of hydrogen-bond acceptors (Lipinski definition) is 3.